The monoisotopic (exact) mass is 403 g/mol. The summed E-state index contributed by atoms with van der Waals surface area (Å²) in [6, 6.07) is 24.5. The largest absolute Gasteiger partial charge is 0.483 e. The second-order valence-electron chi connectivity index (χ2n) is 6.67. The fraction of sp³-hybridized carbons (Fsp3) is 0.167. The molecule has 0 spiro atoms. The average Bonchev–Trinajstić information content (AvgIpc) is 2.74. The Morgan fingerprint density at radius 2 is 1.53 bits per heavy atom. The lowest BCUT2D eigenvalue weighted by atomic mass is 10.0. The first-order valence-corrected chi connectivity index (χ1v) is 9.83. The van der Waals surface area contributed by atoms with E-state index in [0.29, 0.717) is 23.7 Å². The van der Waals surface area contributed by atoms with Crippen LogP contribution in [0.5, 0.6) is 5.75 Å². The molecule has 3 rings (SSSR count). The Bertz CT molecular complexity index is 990. The molecule has 0 radical (unpaired) electrons. The third-order valence-electron chi connectivity index (χ3n) is 4.31. The maximum absolute atomic E-state index is 12.4. The predicted molar refractivity (Wildman–Crippen MR) is 119 cm³/mol. The number of hydrogen-bond acceptors (Lipinski definition) is 3. The highest BCUT2D eigenvalue weighted by atomic mass is 16.5. The second-order valence-corrected chi connectivity index (χ2v) is 6.67. The van der Waals surface area contributed by atoms with Gasteiger partial charge < -0.3 is 20.7 Å². The van der Waals surface area contributed by atoms with Crippen LogP contribution in [-0.2, 0) is 11.2 Å². The molecule has 0 saturated carbocycles. The normalized spacial score (nSPS) is 10.2. The van der Waals surface area contributed by atoms with Gasteiger partial charge in [-0.2, -0.15) is 0 Å². The van der Waals surface area contributed by atoms with Crippen molar-refractivity contribution in [3.63, 3.8) is 0 Å². The number of carbonyl (C=O) groups is 2. The van der Waals surface area contributed by atoms with Gasteiger partial charge >= 0.3 is 6.03 Å². The SMILES string of the molecule is CCNC(=O)Nc1cccc(NC(=O)COc2ccccc2Cc2ccccc2)c1. The van der Waals surface area contributed by atoms with Crippen molar-refractivity contribution >= 4 is 23.3 Å². The molecule has 3 aromatic carbocycles. The van der Waals surface area contributed by atoms with Crippen molar-refractivity contribution in [3.05, 3.63) is 90.0 Å². The van der Waals surface area contributed by atoms with E-state index >= 15 is 0 Å². The Hall–Kier alpha value is -3.80. The van der Waals surface area contributed by atoms with Crippen LogP contribution in [0.15, 0.2) is 78.9 Å². The number of ether oxygens (including phenoxy) is 1. The minimum absolute atomic E-state index is 0.111. The molecular weight excluding hydrogens is 378 g/mol. The van der Waals surface area contributed by atoms with Crippen molar-refractivity contribution in [1.29, 1.82) is 0 Å². The fourth-order valence-corrected chi connectivity index (χ4v) is 2.96. The quantitative estimate of drug-likeness (QED) is 0.520. The van der Waals surface area contributed by atoms with E-state index in [4.69, 9.17) is 4.74 Å². The third kappa shape index (κ3) is 6.38. The van der Waals surface area contributed by atoms with Crippen molar-refractivity contribution in [2.75, 3.05) is 23.8 Å². The Morgan fingerprint density at radius 3 is 2.30 bits per heavy atom. The molecular formula is C24H25N3O3. The lowest BCUT2D eigenvalue weighted by Crippen LogP contribution is -2.28. The smallest absolute Gasteiger partial charge is 0.319 e. The minimum Gasteiger partial charge on any atom is -0.483 e. The number of urea groups is 1. The highest BCUT2D eigenvalue weighted by molar-refractivity contribution is 5.94. The zero-order chi connectivity index (χ0) is 21.2. The van der Waals surface area contributed by atoms with Gasteiger partial charge in [-0.15, -0.1) is 0 Å². The summed E-state index contributed by atoms with van der Waals surface area (Å²) in [6.45, 7) is 2.26. The summed E-state index contributed by atoms with van der Waals surface area (Å²) in [5.41, 5.74) is 3.36. The summed E-state index contributed by atoms with van der Waals surface area (Å²) in [5.74, 6) is 0.405. The zero-order valence-electron chi connectivity index (χ0n) is 16.9. The molecule has 3 aromatic rings. The van der Waals surface area contributed by atoms with Crippen LogP contribution in [0.3, 0.4) is 0 Å². The van der Waals surface area contributed by atoms with Crippen LogP contribution in [0.2, 0.25) is 0 Å². The van der Waals surface area contributed by atoms with E-state index in [0.717, 1.165) is 12.0 Å². The molecule has 0 unspecified atom stereocenters. The Morgan fingerprint density at radius 1 is 0.833 bits per heavy atom. The second kappa shape index (κ2) is 10.7. The molecule has 0 bridgehead atoms. The van der Waals surface area contributed by atoms with Crippen molar-refractivity contribution in [2.24, 2.45) is 0 Å². The van der Waals surface area contributed by atoms with Crippen molar-refractivity contribution in [1.82, 2.24) is 5.32 Å². The molecule has 30 heavy (non-hydrogen) atoms. The molecule has 0 fully saturated rings. The molecule has 0 aliphatic heterocycles. The maximum Gasteiger partial charge on any atom is 0.319 e. The van der Waals surface area contributed by atoms with Gasteiger partial charge in [0.05, 0.1) is 0 Å². The van der Waals surface area contributed by atoms with Crippen LogP contribution in [0.25, 0.3) is 0 Å². The molecule has 0 atom stereocenters. The van der Waals surface area contributed by atoms with E-state index in [1.165, 1.54) is 5.56 Å². The molecule has 6 nitrogen and oxygen atoms in total. The lowest BCUT2D eigenvalue weighted by Gasteiger charge is -2.12. The number of nitrogens with one attached hydrogen (secondary N) is 3. The Labute approximate surface area is 176 Å². The molecule has 0 heterocycles. The molecule has 3 amide bonds. The average molecular weight is 403 g/mol. The maximum atomic E-state index is 12.4. The van der Waals surface area contributed by atoms with E-state index in [9.17, 15) is 9.59 Å². The summed E-state index contributed by atoms with van der Waals surface area (Å²) < 4.78 is 5.78. The number of para-hydroxylation sites is 1. The summed E-state index contributed by atoms with van der Waals surface area (Å²) in [6.07, 6.45) is 0.728. The van der Waals surface area contributed by atoms with Gasteiger partial charge in [-0.05, 0) is 42.3 Å². The first-order valence-electron chi connectivity index (χ1n) is 9.83. The van der Waals surface area contributed by atoms with Gasteiger partial charge in [0.25, 0.3) is 5.91 Å². The number of rotatable bonds is 8. The number of amides is 3. The van der Waals surface area contributed by atoms with Gasteiger partial charge in [-0.3, -0.25) is 4.79 Å². The minimum atomic E-state index is -0.292. The topological polar surface area (TPSA) is 79.5 Å². The third-order valence-corrected chi connectivity index (χ3v) is 4.31. The number of benzene rings is 3. The summed E-state index contributed by atoms with van der Waals surface area (Å²) in [4.78, 5) is 24.0. The van der Waals surface area contributed by atoms with Gasteiger partial charge in [-0.1, -0.05) is 54.6 Å². The fourth-order valence-electron chi connectivity index (χ4n) is 2.96. The van der Waals surface area contributed by atoms with E-state index in [1.807, 2.05) is 49.4 Å². The molecule has 6 heteroatoms. The zero-order valence-corrected chi connectivity index (χ0v) is 16.9. The van der Waals surface area contributed by atoms with E-state index in [-0.39, 0.29) is 18.5 Å². The van der Waals surface area contributed by atoms with Gasteiger partial charge in [0.15, 0.2) is 6.61 Å². The number of hydrogen-bond donors (Lipinski definition) is 3. The first kappa shape index (κ1) is 20.9. The van der Waals surface area contributed by atoms with Crippen LogP contribution in [0.4, 0.5) is 16.2 Å². The predicted octanol–water partition coefficient (Wildman–Crippen LogP) is 4.44. The van der Waals surface area contributed by atoms with Crippen LogP contribution < -0.4 is 20.7 Å². The van der Waals surface area contributed by atoms with Crippen LogP contribution >= 0.6 is 0 Å². The van der Waals surface area contributed by atoms with Gasteiger partial charge in [0, 0.05) is 24.3 Å². The first-order chi connectivity index (χ1) is 14.6. The summed E-state index contributed by atoms with van der Waals surface area (Å²) in [5, 5.41) is 8.16. The molecule has 0 aliphatic rings. The standard InChI is InChI=1S/C24H25N3O3/c1-2-25-24(29)27-21-13-8-12-20(16-21)26-23(28)17-30-22-14-7-6-11-19(22)15-18-9-4-3-5-10-18/h3-14,16H,2,15,17H2,1H3,(H,26,28)(H2,25,27,29). The van der Waals surface area contributed by atoms with Gasteiger partial charge in [0.1, 0.15) is 5.75 Å². The van der Waals surface area contributed by atoms with Crippen LogP contribution in [0, 0.1) is 0 Å². The highest BCUT2D eigenvalue weighted by Crippen LogP contribution is 2.21. The van der Waals surface area contributed by atoms with Crippen LogP contribution in [-0.4, -0.2) is 25.1 Å². The van der Waals surface area contributed by atoms with Crippen LogP contribution in [0.1, 0.15) is 18.1 Å². The summed E-state index contributed by atoms with van der Waals surface area (Å²) in [7, 11) is 0. The lowest BCUT2D eigenvalue weighted by molar-refractivity contribution is -0.118. The number of anilines is 2. The molecule has 0 aromatic heterocycles. The number of carbonyl (C=O) groups excluding carboxylic acids is 2. The van der Waals surface area contributed by atoms with Crippen molar-refractivity contribution < 1.29 is 14.3 Å². The Kier molecular flexibility index (Phi) is 7.44. The van der Waals surface area contributed by atoms with Gasteiger partial charge in [-0.25, -0.2) is 4.79 Å². The molecule has 0 saturated heterocycles. The molecule has 3 N–H and O–H groups in total. The summed E-state index contributed by atoms with van der Waals surface area (Å²) >= 11 is 0. The van der Waals surface area contributed by atoms with E-state index in [1.54, 1.807) is 24.3 Å². The molecule has 0 aliphatic carbocycles. The van der Waals surface area contributed by atoms with Crippen molar-refractivity contribution in [3.8, 4) is 5.75 Å². The van der Waals surface area contributed by atoms with Crippen molar-refractivity contribution in [2.45, 2.75) is 13.3 Å². The van der Waals surface area contributed by atoms with E-state index in [2.05, 4.69) is 28.1 Å². The highest BCUT2D eigenvalue weighted by Gasteiger charge is 2.09. The Balaban J connectivity index is 1.57. The van der Waals surface area contributed by atoms with E-state index < -0.39 is 0 Å². The van der Waals surface area contributed by atoms with Gasteiger partial charge in [0.2, 0.25) is 0 Å². The molecule has 154 valence electrons.